The van der Waals surface area contributed by atoms with Crippen LogP contribution >= 0.6 is 15.9 Å². The number of hydrogen-bond acceptors (Lipinski definition) is 5. The largest absolute Gasteiger partial charge is 0.504 e. The Kier molecular flexibility index (Phi) is 5.03. The second-order valence-electron chi connectivity index (χ2n) is 7.48. The minimum atomic E-state index is -0.363. The first-order chi connectivity index (χ1) is 12.5. The summed E-state index contributed by atoms with van der Waals surface area (Å²) in [4.78, 5) is 2.43. The fourth-order valence-electron chi connectivity index (χ4n) is 4.55. The zero-order valence-corrected chi connectivity index (χ0v) is 17.0. The molecule has 1 saturated heterocycles. The number of hydrogen-bond donors (Lipinski definition) is 1. The molecule has 0 bridgehead atoms. The van der Waals surface area contributed by atoms with Crippen molar-refractivity contribution in [1.29, 1.82) is 0 Å². The second-order valence-corrected chi connectivity index (χ2v) is 8.33. The quantitative estimate of drug-likeness (QED) is 0.752. The van der Waals surface area contributed by atoms with Crippen molar-refractivity contribution in [3.05, 3.63) is 33.3 Å². The van der Waals surface area contributed by atoms with Gasteiger partial charge in [0.25, 0.3) is 0 Å². The maximum Gasteiger partial charge on any atom is 0.172 e. The SMILES string of the molecule is COc1cc(Br)c(CC2C3=C(CCN2C)CC2(CC3)OCCO2)cc1O. The minimum absolute atomic E-state index is 0.189. The van der Waals surface area contributed by atoms with Gasteiger partial charge in [-0.15, -0.1) is 0 Å². The number of ether oxygens (including phenoxy) is 3. The molecule has 3 aliphatic rings. The molecule has 4 rings (SSSR count). The molecule has 1 aromatic carbocycles. The Labute approximate surface area is 163 Å². The third-order valence-corrected chi connectivity index (χ3v) is 6.73. The van der Waals surface area contributed by atoms with Crippen molar-refractivity contribution in [2.24, 2.45) is 0 Å². The maximum absolute atomic E-state index is 10.2. The summed E-state index contributed by atoms with van der Waals surface area (Å²) in [6.07, 6.45) is 4.81. The van der Waals surface area contributed by atoms with Crippen LogP contribution in [-0.2, 0) is 15.9 Å². The highest BCUT2D eigenvalue weighted by Gasteiger charge is 2.43. The molecule has 0 aromatic heterocycles. The average molecular weight is 424 g/mol. The van der Waals surface area contributed by atoms with E-state index in [1.807, 2.05) is 12.1 Å². The summed E-state index contributed by atoms with van der Waals surface area (Å²) in [5.41, 5.74) is 4.14. The average Bonchev–Trinajstić information content (AvgIpc) is 3.08. The second kappa shape index (κ2) is 7.15. The van der Waals surface area contributed by atoms with E-state index in [9.17, 15) is 5.11 Å². The molecule has 1 atom stereocenters. The van der Waals surface area contributed by atoms with E-state index < -0.39 is 0 Å². The summed E-state index contributed by atoms with van der Waals surface area (Å²) in [5, 5.41) is 10.2. The molecule has 5 nitrogen and oxygen atoms in total. The molecular formula is C20H26BrNO4. The number of phenols is 1. The summed E-state index contributed by atoms with van der Waals surface area (Å²) in [6.45, 7) is 2.47. The van der Waals surface area contributed by atoms with E-state index in [1.54, 1.807) is 7.11 Å². The Hall–Kier alpha value is -1.08. The van der Waals surface area contributed by atoms with Gasteiger partial charge in [-0.3, -0.25) is 4.90 Å². The third-order valence-electron chi connectivity index (χ3n) is 5.99. The van der Waals surface area contributed by atoms with Gasteiger partial charge < -0.3 is 19.3 Å². The van der Waals surface area contributed by atoms with E-state index in [4.69, 9.17) is 14.2 Å². The number of phenolic OH excluding ortho intramolecular Hbond substituents is 1. The van der Waals surface area contributed by atoms with E-state index in [0.717, 1.165) is 48.7 Å². The zero-order chi connectivity index (χ0) is 18.3. The van der Waals surface area contributed by atoms with Gasteiger partial charge in [0, 0.05) is 29.9 Å². The molecule has 142 valence electrons. The van der Waals surface area contributed by atoms with Crippen LogP contribution < -0.4 is 4.74 Å². The summed E-state index contributed by atoms with van der Waals surface area (Å²) >= 11 is 3.64. The molecule has 1 aromatic rings. The first-order valence-corrected chi connectivity index (χ1v) is 10.0. The van der Waals surface area contributed by atoms with E-state index >= 15 is 0 Å². The highest BCUT2D eigenvalue weighted by molar-refractivity contribution is 9.10. The predicted molar refractivity (Wildman–Crippen MR) is 103 cm³/mol. The van der Waals surface area contributed by atoms with Crippen molar-refractivity contribution < 1.29 is 19.3 Å². The monoisotopic (exact) mass is 423 g/mol. The van der Waals surface area contributed by atoms with E-state index in [2.05, 4.69) is 27.9 Å². The molecule has 0 radical (unpaired) electrons. The first kappa shape index (κ1) is 18.3. The minimum Gasteiger partial charge on any atom is -0.504 e. The highest BCUT2D eigenvalue weighted by atomic mass is 79.9. The number of nitrogens with zero attached hydrogens (tertiary/aromatic N) is 1. The summed E-state index contributed by atoms with van der Waals surface area (Å²) in [5.74, 6) is 0.319. The fraction of sp³-hybridized carbons (Fsp3) is 0.600. The van der Waals surface area contributed by atoms with Crippen molar-refractivity contribution in [2.75, 3.05) is 33.9 Å². The van der Waals surface area contributed by atoms with Crippen LogP contribution in [0.3, 0.4) is 0 Å². The Morgan fingerprint density at radius 1 is 1.31 bits per heavy atom. The van der Waals surface area contributed by atoms with Gasteiger partial charge in [0.1, 0.15) is 0 Å². The lowest BCUT2D eigenvalue weighted by Gasteiger charge is -2.43. The number of halogens is 1. The van der Waals surface area contributed by atoms with Crippen LogP contribution in [0.5, 0.6) is 11.5 Å². The van der Waals surface area contributed by atoms with Gasteiger partial charge in [0.2, 0.25) is 0 Å². The van der Waals surface area contributed by atoms with E-state index in [-0.39, 0.29) is 11.5 Å². The van der Waals surface area contributed by atoms with Crippen molar-refractivity contribution in [3.8, 4) is 11.5 Å². The topological polar surface area (TPSA) is 51.2 Å². The Balaban J connectivity index is 1.60. The molecule has 1 unspecified atom stereocenters. The Bertz CT molecular complexity index is 727. The van der Waals surface area contributed by atoms with Gasteiger partial charge in [-0.1, -0.05) is 27.1 Å². The zero-order valence-electron chi connectivity index (χ0n) is 15.4. The fourth-order valence-corrected chi connectivity index (χ4v) is 5.04. The molecule has 1 aliphatic carbocycles. The highest BCUT2D eigenvalue weighted by Crippen LogP contribution is 2.44. The Morgan fingerprint density at radius 2 is 2.08 bits per heavy atom. The van der Waals surface area contributed by atoms with E-state index in [1.165, 1.54) is 11.1 Å². The van der Waals surface area contributed by atoms with Crippen molar-refractivity contribution in [2.45, 2.75) is 43.9 Å². The van der Waals surface area contributed by atoms with Gasteiger partial charge in [-0.2, -0.15) is 0 Å². The van der Waals surface area contributed by atoms with Crippen LogP contribution in [0.25, 0.3) is 0 Å². The van der Waals surface area contributed by atoms with Gasteiger partial charge in [-0.05, 0) is 44.0 Å². The smallest absolute Gasteiger partial charge is 0.172 e. The molecule has 1 fully saturated rings. The molecule has 26 heavy (non-hydrogen) atoms. The van der Waals surface area contributed by atoms with Crippen LogP contribution in [0.15, 0.2) is 27.8 Å². The van der Waals surface area contributed by atoms with Gasteiger partial charge in [-0.25, -0.2) is 0 Å². The lowest BCUT2D eigenvalue weighted by molar-refractivity contribution is -0.165. The summed E-state index contributed by atoms with van der Waals surface area (Å²) in [7, 11) is 3.76. The van der Waals surface area contributed by atoms with Crippen LogP contribution in [0, 0.1) is 0 Å². The predicted octanol–water partition coefficient (Wildman–Crippen LogP) is 3.63. The maximum atomic E-state index is 10.2. The number of rotatable bonds is 3. The molecule has 1 N–H and O–H groups in total. The molecule has 0 saturated carbocycles. The third kappa shape index (κ3) is 3.28. The summed E-state index contributed by atoms with van der Waals surface area (Å²) < 4.78 is 18.1. The standard InChI is InChI=1S/C20H26BrNO4/c1-22-6-4-13-12-20(25-7-8-26-20)5-3-15(13)17(22)9-14-10-18(23)19(24-2)11-16(14)21/h10-11,17,23H,3-9,12H2,1-2H3. The molecule has 2 aliphatic heterocycles. The Morgan fingerprint density at radius 3 is 2.81 bits per heavy atom. The molecule has 2 heterocycles. The lowest BCUT2D eigenvalue weighted by atomic mass is 9.78. The van der Waals surface area contributed by atoms with Crippen molar-refractivity contribution in [1.82, 2.24) is 4.90 Å². The van der Waals surface area contributed by atoms with Gasteiger partial charge in [0.05, 0.1) is 20.3 Å². The number of aromatic hydroxyl groups is 1. The van der Waals surface area contributed by atoms with Crippen molar-refractivity contribution >= 4 is 15.9 Å². The van der Waals surface area contributed by atoms with Crippen LogP contribution in [0.4, 0.5) is 0 Å². The van der Waals surface area contributed by atoms with Crippen LogP contribution in [0.1, 0.15) is 31.2 Å². The number of likely N-dealkylation sites (N-methyl/N-ethyl adjacent to an activating group) is 1. The van der Waals surface area contributed by atoms with Crippen LogP contribution in [-0.4, -0.2) is 55.8 Å². The van der Waals surface area contributed by atoms with Gasteiger partial charge >= 0.3 is 0 Å². The molecule has 0 amide bonds. The van der Waals surface area contributed by atoms with Gasteiger partial charge in [0.15, 0.2) is 17.3 Å². The number of benzene rings is 1. The molecule has 1 spiro atoms. The molecular weight excluding hydrogens is 398 g/mol. The van der Waals surface area contributed by atoms with Crippen LogP contribution in [0.2, 0.25) is 0 Å². The molecule has 6 heteroatoms. The first-order valence-electron chi connectivity index (χ1n) is 9.26. The normalized spacial score (nSPS) is 25.6. The number of methoxy groups -OCH3 is 1. The van der Waals surface area contributed by atoms with E-state index in [0.29, 0.717) is 25.0 Å². The summed E-state index contributed by atoms with van der Waals surface area (Å²) in [6, 6.07) is 4.01. The lowest BCUT2D eigenvalue weighted by Crippen LogP contribution is -2.44. The van der Waals surface area contributed by atoms with Crippen molar-refractivity contribution in [3.63, 3.8) is 0 Å².